The van der Waals surface area contributed by atoms with E-state index in [2.05, 4.69) is 26.2 Å². The zero-order valence-corrected chi connectivity index (χ0v) is 12.8. The van der Waals surface area contributed by atoms with Crippen molar-refractivity contribution in [2.75, 3.05) is 11.9 Å². The molecule has 0 aliphatic carbocycles. The molecule has 5 heteroatoms. The molecule has 1 aromatic carbocycles. The van der Waals surface area contributed by atoms with E-state index in [9.17, 15) is 4.79 Å². The van der Waals surface area contributed by atoms with Crippen LogP contribution in [0.25, 0.3) is 0 Å². The minimum Gasteiger partial charge on any atom is -0.330 e. The molecule has 2 aromatic rings. The van der Waals surface area contributed by atoms with Crippen LogP contribution in [-0.2, 0) is 6.42 Å². The number of amides is 1. The van der Waals surface area contributed by atoms with Crippen molar-refractivity contribution in [2.24, 2.45) is 5.73 Å². The molecule has 0 aliphatic heterocycles. The normalized spacial score (nSPS) is 10.3. The van der Waals surface area contributed by atoms with Gasteiger partial charge in [-0.2, -0.15) is 0 Å². The smallest absolute Gasteiger partial charge is 0.257 e. The van der Waals surface area contributed by atoms with E-state index < -0.39 is 0 Å². The molecule has 0 fully saturated rings. The number of aryl methyl sites for hydroxylation is 1. The van der Waals surface area contributed by atoms with Gasteiger partial charge in [-0.15, -0.1) is 0 Å². The van der Waals surface area contributed by atoms with Crippen molar-refractivity contribution in [1.29, 1.82) is 0 Å². The van der Waals surface area contributed by atoms with Crippen LogP contribution < -0.4 is 11.1 Å². The average Bonchev–Trinajstić information content (AvgIpc) is 2.43. The largest absolute Gasteiger partial charge is 0.330 e. The van der Waals surface area contributed by atoms with E-state index in [4.69, 9.17) is 5.73 Å². The van der Waals surface area contributed by atoms with Gasteiger partial charge in [0, 0.05) is 16.2 Å². The Kier molecular flexibility index (Phi) is 4.87. The Bertz CT molecular complexity index is 628. The molecule has 1 aromatic heterocycles. The van der Waals surface area contributed by atoms with Crippen molar-refractivity contribution in [3.8, 4) is 0 Å². The van der Waals surface area contributed by atoms with Crippen LogP contribution in [-0.4, -0.2) is 17.4 Å². The molecule has 3 N–H and O–H groups in total. The third-order valence-electron chi connectivity index (χ3n) is 2.95. The van der Waals surface area contributed by atoms with Gasteiger partial charge in [0.15, 0.2) is 0 Å². The minimum absolute atomic E-state index is 0.160. The fourth-order valence-corrected chi connectivity index (χ4v) is 2.41. The summed E-state index contributed by atoms with van der Waals surface area (Å²) in [5, 5.41) is 2.84. The van der Waals surface area contributed by atoms with Gasteiger partial charge in [0.25, 0.3) is 5.91 Å². The van der Waals surface area contributed by atoms with E-state index in [0.29, 0.717) is 24.3 Å². The number of rotatable bonds is 4. The third kappa shape index (κ3) is 3.43. The summed E-state index contributed by atoms with van der Waals surface area (Å²) in [4.78, 5) is 16.6. The van der Waals surface area contributed by atoms with Gasteiger partial charge < -0.3 is 11.1 Å². The molecule has 1 heterocycles. The van der Waals surface area contributed by atoms with Crippen molar-refractivity contribution >= 4 is 27.7 Å². The molecule has 0 saturated heterocycles. The van der Waals surface area contributed by atoms with Gasteiger partial charge in [-0.25, -0.2) is 4.98 Å². The third-order valence-corrected chi connectivity index (χ3v) is 3.39. The number of aromatic nitrogens is 1. The molecule has 0 bridgehead atoms. The van der Waals surface area contributed by atoms with Crippen LogP contribution in [0.2, 0.25) is 0 Å². The fourth-order valence-electron chi connectivity index (χ4n) is 1.96. The lowest BCUT2D eigenvalue weighted by atomic mass is 10.0. The Morgan fingerprint density at radius 2 is 2.15 bits per heavy atom. The number of hydrogen-bond acceptors (Lipinski definition) is 3. The Hall–Kier alpha value is -1.72. The molecule has 0 saturated carbocycles. The Labute approximate surface area is 126 Å². The lowest BCUT2D eigenvalue weighted by Crippen LogP contribution is -2.17. The van der Waals surface area contributed by atoms with Gasteiger partial charge in [0.2, 0.25) is 0 Å². The summed E-state index contributed by atoms with van der Waals surface area (Å²) in [5.74, 6) is 0.410. The number of carbonyl (C=O) groups excluding carboxylic acids is 1. The number of carbonyl (C=O) groups is 1. The zero-order valence-electron chi connectivity index (χ0n) is 11.2. The van der Waals surface area contributed by atoms with Gasteiger partial charge in [0.05, 0.1) is 0 Å². The Balaban J connectivity index is 2.24. The van der Waals surface area contributed by atoms with Crippen molar-refractivity contribution in [2.45, 2.75) is 13.3 Å². The number of nitrogens with two attached hydrogens (primary N) is 1. The highest BCUT2D eigenvalue weighted by molar-refractivity contribution is 9.10. The molecular formula is C15H16BrN3O. The first kappa shape index (κ1) is 14.7. The van der Waals surface area contributed by atoms with Gasteiger partial charge in [-0.1, -0.05) is 18.2 Å². The number of anilines is 1. The second kappa shape index (κ2) is 6.63. The van der Waals surface area contributed by atoms with E-state index in [1.54, 1.807) is 12.3 Å². The molecule has 1 amide bonds. The highest BCUT2D eigenvalue weighted by Crippen LogP contribution is 2.18. The van der Waals surface area contributed by atoms with Crippen molar-refractivity contribution in [1.82, 2.24) is 4.98 Å². The van der Waals surface area contributed by atoms with Crippen LogP contribution in [0.3, 0.4) is 0 Å². The minimum atomic E-state index is -0.160. The van der Waals surface area contributed by atoms with Crippen LogP contribution in [0, 0.1) is 6.92 Å². The van der Waals surface area contributed by atoms with E-state index in [1.807, 2.05) is 31.2 Å². The molecule has 0 spiro atoms. The summed E-state index contributed by atoms with van der Waals surface area (Å²) < 4.78 is 0.886. The Morgan fingerprint density at radius 3 is 2.85 bits per heavy atom. The van der Waals surface area contributed by atoms with Gasteiger partial charge in [-0.3, -0.25) is 4.79 Å². The summed E-state index contributed by atoms with van der Waals surface area (Å²) >= 11 is 3.35. The van der Waals surface area contributed by atoms with Crippen molar-refractivity contribution in [3.63, 3.8) is 0 Å². The van der Waals surface area contributed by atoms with Gasteiger partial charge in [0.1, 0.15) is 5.82 Å². The van der Waals surface area contributed by atoms with Crippen LogP contribution in [0.1, 0.15) is 21.5 Å². The van der Waals surface area contributed by atoms with Crippen molar-refractivity contribution < 1.29 is 4.79 Å². The number of benzene rings is 1. The number of nitrogens with one attached hydrogen (secondary N) is 1. The summed E-state index contributed by atoms with van der Waals surface area (Å²) in [5.41, 5.74) is 8.07. The zero-order chi connectivity index (χ0) is 14.5. The number of nitrogens with zero attached hydrogens (tertiary/aromatic N) is 1. The molecule has 0 radical (unpaired) electrons. The first-order valence-electron chi connectivity index (χ1n) is 6.33. The van der Waals surface area contributed by atoms with Crippen molar-refractivity contribution in [3.05, 3.63) is 57.7 Å². The highest BCUT2D eigenvalue weighted by Gasteiger charge is 2.12. The summed E-state index contributed by atoms with van der Waals surface area (Å²) in [6.45, 7) is 2.42. The summed E-state index contributed by atoms with van der Waals surface area (Å²) in [6, 6.07) is 9.38. The summed E-state index contributed by atoms with van der Waals surface area (Å²) in [6.07, 6.45) is 2.34. The lowest BCUT2D eigenvalue weighted by molar-refractivity contribution is 0.102. The number of pyridine rings is 1. The highest BCUT2D eigenvalue weighted by atomic mass is 79.9. The van der Waals surface area contributed by atoms with Gasteiger partial charge >= 0.3 is 0 Å². The maximum atomic E-state index is 12.3. The lowest BCUT2D eigenvalue weighted by Gasteiger charge is -2.10. The van der Waals surface area contributed by atoms with Crippen LogP contribution >= 0.6 is 15.9 Å². The monoisotopic (exact) mass is 333 g/mol. The van der Waals surface area contributed by atoms with Crippen LogP contribution in [0.5, 0.6) is 0 Å². The number of hydrogen-bond donors (Lipinski definition) is 2. The SMILES string of the molecule is Cc1cc(Br)cnc1NC(=O)c1ccccc1CCN. The molecule has 20 heavy (non-hydrogen) atoms. The molecule has 0 unspecified atom stereocenters. The van der Waals surface area contributed by atoms with E-state index >= 15 is 0 Å². The topological polar surface area (TPSA) is 68.0 Å². The van der Waals surface area contributed by atoms with E-state index in [0.717, 1.165) is 15.6 Å². The second-order valence-electron chi connectivity index (χ2n) is 4.47. The van der Waals surface area contributed by atoms with Crippen LogP contribution in [0.4, 0.5) is 5.82 Å². The molecule has 0 atom stereocenters. The predicted octanol–water partition coefficient (Wildman–Crippen LogP) is 2.91. The predicted molar refractivity (Wildman–Crippen MR) is 83.8 cm³/mol. The van der Waals surface area contributed by atoms with E-state index in [-0.39, 0.29) is 5.91 Å². The van der Waals surface area contributed by atoms with Gasteiger partial charge in [-0.05, 0) is 59.1 Å². The molecule has 104 valence electrons. The number of halogens is 1. The second-order valence-corrected chi connectivity index (χ2v) is 5.38. The standard InChI is InChI=1S/C15H16BrN3O/c1-10-8-12(16)9-18-14(10)19-15(20)13-5-3-2-4-11(13)6-7-17/h2-5,8-9H,6-7,17H2,1H3,(H,18,19,20). The quantitative estimate of drug-likeness (QED) is 0.903. The first-order valence-corrected chi connectivity index (χ1v) is 7.12. The maximum Gasteiger partial charge on any atom is 0.257 e. The Morgan fingerprint density at radius 1 is 1.40 bits per heavy atom. The maximum absolute atomic E-state index is 12.3. The fraction of sp³-hybridized carbons (Fsp3) is 0.200. The molecule has 2 rings (SSSR count). The average molecular weight is 334 g/mol. The van der Waals surface area contributed by atoms with E-state index in [1.165, 1.54) is 0 Å². The molecule has 0 aliphatic rings. The summed E-state index contributed by atoms with van der Waals surface area (Å²) in [7, 11) is 0. The molecule has 4 nitrogen and oxygen atoms in total. The molecular weight excluding hydrogens is 318 g/mol. The van der Waals surface area contributed by atoms with Crippen LogP contribution in [0.15, 0.2) is 41.0 Å². The first-order chi connectivity index (χ1) is 9.61.